The zero-order valence-corrected chi connectivity index (χ0v) is 9.06. The molecule has 3 nitrogen and oxygen atoms in total. The topological polar surface area (TPSA) is 31.4 Å². The predicted octanol–water partition coefficient (Wildman–Crippen LogP) is 2.66. The van der Waals surface area contributed by atoms with Gasteiger partial charge in [0.25, 0.3) is 4.59 Å². The lowest BCUT2D eigenvalue weighted by atomic mass is 10.3. The van der Waals surface area contributed by atoms with Crippen LogP contribution in [0.5, 0.6) is 11.8 Å². The molecule has 0 aliphatic carbocycles. The molecule has 0 bridgehead atoms. The summed E-state index contributed by atoms with van der Waals surface area (Å²) in [6.45, 7) is 0. The van der Waals surface area contributed by atoms with Gasteiger partial charge in [-0.1, -0.05) is 23.2 Å². The Bertz CT molecular complexity index is 305. The lowest BCUT2D eigenvalue weighted by Crippen LogP contribution is -2.04. The first-order valence-electron chi connectivity index (χ1n) is 3.64. The van der Waals surface area contributed by atoms with Gasteiger partial charge in [-0.25, -0.2) is 4.39 Å². The van der Waals surface area contributed by atoms with Crippen LogP contribution in [0.4, 0.5) is 4.39 Å². The Kier molecular flexibility index (Phi) is 3.39. The molecule has 14 heavy (non-hydrogen) atoms. The number of aromatic nitrogens is 1. The molecule has 1 rings (SSSR count). The number of hydrogen-bond acceptors (Lipinski definition) is 3. The Labute approximate surface area is 90.7 Å². The van der Waals surface area contributed by atoms with Gasteiger partial charge in [-0.05, 0) is 0 Å². The number of methoxy groups -OCH3 is 2. The summed E-state index contributed by atoms with van der Waals surface area (Å²) in [4.78, 5) is 3.86. The van der Waals surface area contributed by atoms with Crippen molar-refractivity contribution in [2.45, 2.75) is 4.59 Å². The number of rotatable bonds is 3. The van der Waals surface area contributed by atoms with Crippen LogP contribution in [0, 0.1) is 0 Å². The lowest BCUT2D eigenvalue weighted by Gasteiger charge is -2.11. The van der Waals surface area contributed by atoms with Crippen molar-refractivity contribution in [2.24, 2.45) is 0 Å². The third kappa shape index (κ3) is 2.62. The van der Waals surface area contributed by atoms with Crippen molar-refractivity contribution in [3.05, 3.63) is 17.7 Å². The van der Waals surface area contributed by atoms with Crippen LogP contribution in [0.3, 0.4) is 0 Å². The van der Waals surface area contributed by atoms with Crippen LogP contribution >= 0.6 is 23.2 Å². The van der Waals surface area contributed by atoms with Gasteiger partial charge in [-0.3, -0.25) is 0 Å². The summed E-state index contributed by atoms with van der Waals surface area (Å²) < 4.78 is 20.3. The van der Waals surface area contributed by atoms with E-state index in [2.05, 4.69) is 4.98 Å². The summed E-state index contributed by atoms with van der Waals surface area (Å²) in [7, 11) is 2.79. The summed E-state index contributed by atoms with van der Waals surface area (Å²) in [5.41, 5.74) is 0.0181. The highest BCUT2D eigenvalue weighted by Gasteiger charge is 2.27. The van der Waals surface area contributed by atoms with Crippen LogP contribution in [-0.4, -0.2) is 19.2 Å². The molecule has 0 atom stereocenters. The molecule has 1 aromatic rings. The van der Waals surface area contributed by atoms with Crippen LogP contribution in [-0.2, 0) is 4.59 Å². The number of hydrogen-bond donors (Lipinski definition) is 0. The minimum Gasteiger partial charge on any atom is -0.481 e. The Morgan fingerprint density at radius 2 is 1.64 bits per heavy atom. The molecule has 0 N–H and O–H groups in total. The van der Waals surface area contributed by atoms with E-state index in [9.17, 15) is 4.39 Å². The van der Waals surface area contributed by atoms with E-state index in [1.807, 2.05) is 0 Å². The van der Waals surface area contributed by atoms with Crippen LogP contribution in [0.15, 0.2) is 12.1 Å². The molecule has 1 aromatic heterocycles. The highest BCUT2D eigenvalue weighted by Crippen LogP contribution is 2.37. The summed E-state index contributed by atoms with van der Waals surface area (Å²) in [6.07, 6.45) is 0. The molecule has 0 saturated heterocycles. The Morgan fingerprint density at radius 3 is 1.93 bits per heavy atom. The Morgan fingerprint density at radius 1 is 1.21 bits per heavy atom. The fourth-order valence-electron chi connectivity index (χ4n) is 0.854. The largest absolute Gasteiger partial charge is 0.481 e. The average molecular weight is 240 g/mol. The molecule has 1 heterocycles. The number of pyridine rings is 1. The van der Waals surface area contributed by atoms with E-state index in [-0.39, 0.29) is 17.3 Å². The Hall–Kier alpha value is -0.740. The van der Waals surface area contributed by atoms with E-state index >= 15 is 0 Å². The van der Waals surface area contributed by atoms with E-state index < -0.39 is 4.59 Å². The fraction of sp³-hybridized carbons (Fsp3) is 0.375. The van der Waals surface area contributed by atoms with Crippen LogP contribution in [0.1, 0.15) is 5.56 Å². The van der Waals surface area contributed by atoms with E-state index in [1.54, 1.807) is 0 Å². The van der Waals surface area contributed by atoms with Gasteiger partial charge in [0.15, 0.2) is 0 Å². The summed E-state index contributed by atoms with van der Waals surface area (Å²) >= 11 is 10.6. The lowest BCUT2D eigenvalue weighted by molar-refractivity contribution is 0.355. The molecule has 0 aliphatic rings. The number of alkyl halides is 3. The fourth-order valence-corrected chi connectivity index (χ4v) is 1.07. The minimum absolute atomic E-state index is 0.0181. The third-order valence-electron chi connectivity index (χ3n) is 1.52. The predicted molar refractivity (Wildman–Crippen MR) is 51.8 cm³/mol. The normalized spacial score (nSPS) is 11.2. The average Bonchev–Trinajstić information content (AvgIpc) is 2.15. The second-order valence-corrected chi connectivity index (χ2v) is 3.67. The van der Waals surface area contributed by atoms with Gasteiger partial charge in [0.1, 0.15) is 0 Å². The molecule has 78 valence electrons. The van der Waals surface area contributed by atoms with Crippen LogP contribution in [0.2, 0.25) is 0 Å². The van der Waals surface area contributed by atoms with E-state index in [0.29, 0.717) is 0 Å². The SMILES string of the molecule is COc1cc(C(F)(Cl)Cl)cc(OC)n1. The van der Waals surface area contributed by atoms with Crippen molar-refractivity contribution < 1.29 is 13.9 Å². The van der Waals surface area contributed by atoms with Gasteiger partial charge in [-0.15, -0.1) is 0 Å². The molecule has 0 aliphatic heterocycles. The zero-order valence-electron chi connectivity index (χ0n) is 7.55. The van der Waals surface area contributed by atoms with Crippen molar-refractivity contribution in [3.8, 4) is 11.8 Å². The van der Waals surface area contributed by atoms with Crippen molar-refractivity contribution in [3.63, 3.8) is 0 Å². The first-order chi connectivity index (χ1) is 6.47. The van der Waals surface area contributed by atoms with E-state index in [0.717, 1.165) is 0 Å². The molecule has 6 heteroatoms. The molecule has 0 spiro atoms. The smallest absolute Gasteiger partial charge is 0.283 e. The molecule has 0 radical (unpaired) electrons. The Balaban J connectivity index is 3.17. The van der Waals surface area contributed by atoms with E-state index in [1.165, 1.54) is 26.4 Å². The summed E-state index contributed by atoms with van der Waals surface area (Å²) in [5.74, 6) is 0.366. The standard InChI is InChI=1S/C8H8Cl2FNO2/c1-13-6-3-5(8(9,10)11)4-7(12-6)14-2/h3-4H,1-2H3. The van der Waals surface area contributed by atoms with Gasteiger partial charge in [-0.2, -0.15) is 4.98 Å². The van der Waals surface area contributed by atoms with Crippen molar-refractivity contribution in [1.29, 1.82) is 0 Å². The highest BCUT2D eigenvalue weighted by atomic mass is 35.5. The minimum atomic E-state index is -2.48. The summed E-state index contributed by atoms with van der Waals surface area (Å²) in [5, 5.41) is 0. The molecule has 0 aromatic carbocycles. The second kappa shape index (κ2) is 4.19. The molecular formula is C8H8Cl2FNO2. The van der Waals surface area contributed by atoms with Gasteiger partial charge in [0.2, 0.25) is 11.8 Å². The molecule has 0 fully saturated rings. The van der Waals surface area contributed by atoms with Gasteiger partial charge in [0.05, 0.1) is 14.2 Å². The van der Waals surface area contributed by atoms with Crippen molar-refractivity contribution in [1.82, 2.24) is 4.98 Å². The first-order valence-corrected chi connectivity index (χ1v) is 4.40. The number of ether oxygens (including phenoxy) is 2. The van der Waals surface area contributed by atoms with E-state index in [4.69, 9.17) is 32.7 Å². The number of nitrogens with zero attached hydrogens (tertiary/aromatic N) is 1. The van der Waals surface area contributed by atoms with Gasteiger partial charge in [0, 0.05) is 17.7 Å². The maximum absolute atomic E-state index is 13.1. The van der Waals surface area contributed by atoms with Gasteiger partial charge < -0.3 is 9.47 Å². The van der Waals surface area contributed by atoms with Crippen LogP contribution in [0.25, 0.3) is 0 Å². The monoisotopic (exact) mass is 239 g/mol. The molecular weight excluding hydrogens is 232 g/mol. The molecule has 0 saturated carbocycles. The highest BCUT2D eigenvalue weighted by molar-refractivity contribution is 6.46. The molecule has 0 unspecified atom stereocenters. The first kappa shape index (κ1) is 11.3. The third-order valence-corrected chi connectivity index (χ3v) is 1.96. The van der Waals surface area contributed by atoms with Crippen molar-refractivity contribution >= 4 is 23.2 Å². The molecule has 0 amide bonds. The second-order valence-electron chi connectivity index (χ2n) is 2.44. The maximum Gasteiger partial charge on any atom is 0.283 e. The summed E-state index contributed by atoms with van der Waals surface area (Å²) in [6, 6.07) is 2.59. The zero-order chi connectivity index (χ0) is 10.8. The number of halogens is 3. The quantitative estimate of drug-likeness (QED) is 0.761. The maximum atomic E-state index is 13.1. The van der Waals surface area contributed by atoms with Crippen molar-refractivity contribution in [2.75, 3.05) is 14.2 Å². The van der Waals surface area contributed by atoms with Gasteiger partial charge >= 0.3 is 0 Å². The van der Waals surface area contributed by atoms with Crippen LogP contribution < -0.4 is 9.47 Å².